The number of likely N-dealkylation sites (tertiary alicyclic amines) is 1. The van der Waals surface area contributed by atoms with Gasteiger partial charge in [-0.3, -0.25) is 14.7 Å². The molecule has 5 nitrogen and oxygen atoms in total. The molecule has 2 aromatic rings. The molecule has 1 saturated carbocycles. The van der Waals surface area contributed by atoms with Gasteiger partial charge in [0.2, 0.25) is 0 Å². The molecule has 2 aromatic heterocycles. The maximum atomic E-state index is 12.7. The maximum absolute atomic E-state index is 12.7. The fourth-order valence-corrected chi connectivity index (χ4v) is 3.73. The van der Waals surface area contributed by atoms with Crippen molar-refractivity contribution < 1.29 is 9.21 Å². The van der Waals surface area contributed by atoms with E-state index < -0.39 is 0 Å². The van der Waals surface area contributed by atoms with Crippen molar-refractivity contribution in [3.63, 3.8) is 0 Å². The van der Waals surface area contributed by atoms with Gasteiger partial charge in [0, 0.05) is 37.8 Å². The van der Waals surface area contributed by atoms with Crippen LogP contribution < -0.4 is 5.32 Å². The van der Waals surface area contributed by atoms with E-state index in [-0.39, 0.29) is 11.9 Å². The Hall–Kier alpha value is -2.14. The van der Waals surface area contributed by atoms with Crippen molar-refractivity contribution in [2.75, 3.05) is 13.1 Å². The van der Waals surface area contributed by atoms with E-state index in [0.717, 1.165) is 55.9 Å². The number of hydrogen-bond donors (Lipinski definition) is 1. The second-order valence-corrected chi connectivity index (χ2v) is 7.37. The molecule has 3 heterocycles. The van der Waals surface area contributed by atoms with Gasteiger partial charge in [0.15, 0.2) is 0 Å². The number of carbonyl (C=O) groups is 1. The summed E-state index contributed by atoms with van der Waals surface area (Å²) in [6, 6.07) is 8.07. The summed E-state index contributed by atoms with van der Waals surface area (Å²) in [6.45, 7) is 5.04. The van der Waals surface area contributed by atoms with E-state index in [0.29, 0.717) is 11.8 Å². The summed E-state index contributed by atoms with van der Waals surface area (Å²) in [7, 11) is 0. The largest absolute Gasteiger partial charge is 0.468 e. The first kappa shape index (κ1) is 16.3. The zero-order chi connectivity index (χ0) is 17.2. The SMILES string of the molecule is C[C@H]1CN(Cc2ccccn2)CC[C@@H]1NC(=O)c1ccoc1C1CC1. The predicted molar refractivity (Wildman–Crippen MR) is 95.2 cm³/mol. The molecule has 132 valence electrons. The lowest BCUT2D eigenvalue weighted by atomic mass is 9.93. The lowest BCUT2D eigenvalue weighted by Gasteiger charge is -2.37. The molecule has 1 N–H and O–H groups in total. The van der Waals surface area contributed by atoms with Gasteiger partial charge in [-0.2, -0.15) is 0 Å². The summed E-state index contributed by atoms with van der Waals surface area (Å²) in [4.78, 5) is 19.5. The zero-order valence-electron chi connectivity index (χ0n) is 14.6. The highest BCUT2D eigenvalue weighted by molar-refractivity contribution is 5.95. The molecule has 1 aliphatic carbocycles. The van der Waals surface area contributed by atoms with Crippen LogP contribution in [0.25, 0.3) is 0 Å². The summed E-state index contributed by atoms with van der Waals surface area (Å²) in [5, 5.41) is 3.24. The van der Waals surface area contributed by atoms with Gasteiger partial charge in [-0.25, -0.2) is 0 Å². The first-order valence-electron chi connectivity index (χ1n) is 9.21. The number of pyridine rings is 1. The van der Waals surface area contributed by atoms with Crippen LogP contribution in [0.2, 0.25) is 0 Å². The van der Waals surface area contributed by atoms with Crippen LogP contribution in [0.3, 0.4) is 0 Å². The fourth-order valence-electron chi connectivity index (χ4n) is 3.73. The monoisotopic (exact) mass is 339 g/mol. The number of nitrogens with zero attached hydrogens (tertiary/aromatic N) is 2. The molecule has 2 aliphatic rings. The molecule has 2 atom stereocenters. The Balaban J connectivity index is 1.33. The molecular formula is C20H25N3O2. The Bertz CT molecular complexity index is 724. The highest BCUT2D eigenvalue weighted by Gasteiger charge is 2.33. The minimum Gasteiger partial charge on any atom is -0.468 e. The van der Waals surface area contributed by atoms with Gasteiger partial charge in [-0.1, -0.05) is 13.0 Å². The number of rotatable bonds is 5. The van der Waals surface area contributed by atoms with Gasteiger partial charge in [0.05, 0.1) is 17.5 Å². The summed E-state index contributed by atoms with van der Waals surface area (Å²) >= 11 is 0. The van der Waals surface area contributed by atoms with E-state index in [9.17, 15) is 4.79 Å². The van der Waals surface area contributed by atoms with Crippen LogP contribution in [0, 0.1) is 5.92 Å². The minimum absolute atomic E-state index is 0.0191. The molecule has 0 radical (unpaired) electrons. The standard InChI is InChI=1S/C20H25N3O2/c1-14-12-23(13-16-4-2-3-9-21-16)10-7-18(14)22-20(24)17-8-11-25-19(17)15-5-6-15/h2-4,8-9,11,14-15,18H,5-7,10,12-13H2,1H3,(H,22,24)/t14-,18-/m0/s1. The fraction of sp³-hybridized carbons (Fsp3) is 0.500. The van der Waals surface area contributed by atoms with Crippen molar-refractivity contribution >= 4 is 5.91 Å². The number of piperidine rings is 1. The van der Waals surface area contributed by atoms with Crippen molar-refractivity contribution in [3.8, 4) is 0 Å². The molecular weight excluding hydrogens is 314 g/mol. The number of furan rings is 1. The lowest BCUT2D eigenvalue weighted by Crippen LogP contribution is -2.49. The molecule has 5 heteroatoms. The van der Waals surface area contributed by atoms with Crippen molar-refractivity contribution in [2.45, 2.75) is 44.7 Å². The molecule has 2 fully saturated rings. The lowest BCUT2D eigenvalue weighted by molar-refractivity contribution is 0.0857. The first-order chi connectivity index (χ1) is 12.2. The van der Waals surface area contributed by atoms with Crippen molar-refractivity contribution in [1.29, 1.82) is 0 Å². The Morgan fingerprint density at radius 1 is 1.32 bits per heavy atom. The normalized spacial score (nSPS) is 24.2. The summed E-state index contributed by atoms with van der Waals surface area (Å²) in [6.07, 6.45) is 6.72. The molecule has 1 aliphatic heterocycles. The van der Waals surface area contributed by atoms with Crippen LogP contribution in [0.4, 0.5) is 0 Å². The summed E-state index contributed by atoms with van der Waals surface area (Å²) in [5.74, 6) is 1.76. The third kappa shape index (κ3) is 3.76. The first-order valence-corrected chi connectivity index (χ1v) is 9.21. The third-order valence-electron chi connectivity index (χ3n) is 5.31. The van der Waals surface area contributed by atoms with Crippen molar-refractivity contribution in [1.82, 2.24) is 15.2 Å². The smallest absolute Gasteiger partial charge is 0.255 e. The van der Waals surface area contributed by atoms with E-state index >= 15 is 0 Å². The topological polar surface area (TPSA) is 58.4 Å². The van der Waals surface area contributed by atoms with Gasteiger partial charge in [-0.15, -0.1) is 0 Å². The number of aromatic nitrogens is 1. The molecule has 1 saturated heterocycles. The molecule has 0 spiro atoms. The molecule has 4 rings (SSSR count). The van der Waals surface area contributed by atoms with Crippen LogP contribution in [-0.4, -0.2) is 34.9 Å². The average molecular weight is 339 g/mol. The number of hydrogen-bond acceptors (Lipinski definition) is 4. The van der Waals surface area contributed by atoms with Crippen LogP contribution >= 0.6 is 0 Å². The van der Waals surface area contributed by atoms with Gasteiger partial charge in [-0.05, 0) is 43.4 Å². The van der Waals surface area contributed by atoms with E-state index in [1.807, 2.05) is 24.4 Å². The minimum atomic E-state index is 0.0191. The maximum Gasteiger partial charge on any atom is 0.255 e. The van der Waals surface area contributed by atoms with Gasteiger partial charge in [0.25, 0.3) is 5.91 Å². The Morgan fingerprint density at radius 2 is 2.20 bits per heavy atom. The van der Waals surface area contributed by atoms with Crippen molar-refractivity contribution in [3.05, 3.63) is 53.7 Å². The third-order valence-corrected chi connectivity index (χ3v) is 5.31. The van der Waals surface area contributed by atoms with Crippen LogP contribution in [0.1, 0.15) is 53.9 Å². The molecule has 1 amide bonds. The Labute approximate surface area is 148 Å². The average Bonchev–Trinajstić information content (AvgIpc) is 3.34. The van der Waals surface area contributed by atoms with E-state index in [2.05, 4.69) is 28.2 Å². The Kier molecular flexibility index (Phi) is 4.57. The van der Waals surface area contributed by atoms with Crippen LogP contribution in [-0.2, 0) is 6.54 Å². The summed E-state index contributed by atoms with van der Waals surface area (Å²) < 4.78 is 5.53. The van der Waals surface area contributed by atoms with E-state index in [1.165, 1.54) is 0 Å². The summed E-state index contributed by atoms with van der Waals surface area (Å²) in [5.41, 5.74) is 1.83. The highest BCUT2D eigenvalue weighted by atomic mass is 16.3. The molecule has 25 heavy (non-hydrogen) atoms. The van der Waals surface area contributed by atoms with Gasteiger partial charge >= 0.3 is 0 Å². The van der Waals surface area contributed by atoms with Gasteiger partial charge in [0.1, 0.15) is 5.76 Å². The van der Waals surface area contributed by atoms with Gasteiger partial charge < -0.3 is 9.73 Å². The quantitative estimate of drug-likeness (QED) is 0.909. The second kappa shape index (κ2) is 7.00. The molecule has 0 unspecified atom stereocenters. The second-order valence-electron chi connectivity index (χ2n) is 7.37. The molecule has 0 aromatic carbocycles. The Morgan fingerprint density at radius 3 is 2.92 bits per heavy atom. The van der Waals surface area contributed by atoms with Crippen LogP contribution in [0.5, 0.6) is 0 Å². The van der Waals surface area contributed by atoms with Crippen molar-refractivity contribution in [2.24, 2.45) is 5.92 Å². The van der Waals surface area contributed by atoms with E-state index in [1.54, 1.807) is 6.26 Å². The zero-order valence-corrected chi connectivity index (χ0v) is 14.6. The highest BCUT2D eigenvalue weighted by Crippen LogP contribution is 2.42. The molecule has 0 bridgehead atoms. The van der Waals surface area contributed by atoms with E-state index in [4.69, 9.17) is 4.42 Å². The number of nitrogens with one attached hydrogen (secondary N) is 1. The predicted octanol–water partition coefficient (Wildman–Crippen LogP) is 3.19. The van der Waals surface area contributed by atoms with Crippen LogP contribution in [0.15, 0.2) is 41.1 Å². The number of amides is 1. The number of carbonyl (C=O) groups excluding carboxylic acids is 1.